The molecular weight excluding hydrogens is 188 g/mol. The molecule has 13 heavy (non-hydrogen) atoms. The highest BCUT2D eigenvalue weighted by atomic mass is 35.5. The molecule has 1 aromatic rings. The Morgan fingerprint density at radius 2 is 2.46 bits per heavy atom. The molecule has 0 saturated carbocycles. The molecule has 2 N–H and O–H groups in total. The summed E-state index contributed by atoms with van der Waals surface area (Å²) in [6.07, 6.45) is 2.70. The number of nitrogens with zero attached hydrogens (tertiary/aromatic N) is 3. The molecule has 1 aliphatic heterocycles. The van der Waals surface area contributed by atoms with Crippen LogP contribution in [-0.4, -0.2) is 26.7 Å². The summed E-state index contributed by atoms with van der Waals surface area (Å²) in [5.41, 5.74) is 5.43. The molecule has 0 aliphatic carbocycles. The average molecular weight is 201 g/mol. The zero-order chi connectivity index (χ0) is 9.26. The van der Waals surface area contributed by atoms with Gasteiger partial charge in [0.15, 0.2) is 5.82 Å². The molecule has 2 heterocycles. The number of hydrogen-bond acceptors (Lipinski definition) is 3. The Balaban J connectivity index is 2.18. The summed E-state index contributed by atoms with van der Waals surface area (Å²) in [4.78, 5) is 4.39. The molecule has 0 spiro atoms. The fraction of sp³-hybridized carbons (Fsp3) is 0.750. The molecule has 1 aliphatic rings. The molecule has 4 nitrogen and oxygen atoms in total. The molecule has 5 heteroatoms. The third-order valence-electron chi connectivity index (χ3n) is 2.21. The van der Waals surface area contributed by atoms with Crippen LogP contribution in [0.2, 0.25) is 0 Å². The van der Waals surface area contributed by atoms with Crippen molar-refractivity contribution in [1.82, 2.24) is 14.8 Å². The van der Waals surface area contributed by atoms with Gasteiger partial charge in [-0.25, -0.2) is 9.67 Å². The van der Waals surface area contributed by atoms with Crippen LogP contribution in [0.15, 0.2) is 0 Å². The van der Waals surface area contributed by atoms with Gasteiger partial charge in [-0.05, 0) is 13.0 Å². The average Bonchev–Trinajstić information content (AvgIpc) is 2.46. The van der Waals surface area contributed by atoms with Gasteiger partial charge in [-0.15, -0.1) is 11.6 Å². The minimum absolute atomic E-state index is 0.208. The van der Waals surface area contributed by atoms with E-state index in [0.717, 1.165) is 37.5 Å². The van der Waals surface area contributed by atoms with Crippen molar-refractivity contribution in [2.75, 3.05) is 6.54 Å². The fourth-order valence-electron chi connectivity index (χ4n) is 1.56. The predicted molar refractivity (Wildman–Crippen MR) is 50.7 cm³/mol. The number of aromatic nitrogens is 3. The van der Waals surface area contributed by atoms with E-state index < -0.39 is 0 Å². The Morgan fingerprint density at radius 3 is 3.23 bits per heavy atom. The minimum atomic E-state index is 0.208. The van der Waals surface area contributed by atoms with E-state index in [9.17, 15) is 0 Å². The Morgan fingerprint density at radius 1 is 1.62 bits per heavy atom. The highest BCUT2D eigenvalue weighted by Gasteiger charge is 2.19. The maximum atomic E-state index is 6.02. The van der Waals surface area contributed by atoms with Crippen LogP contribution in [0.1, 0.15) is 18.1 Å². The summed E-state index contributed by atoms with van der Waals surface area (Å²) in [7, 11) is 0. The first kappa shape index (κ1) is 8.97. The van der Waals surface area contributed by atoms with Crippen LogP contribution >= 0.6 is 11.6 Å². The molecule has 0 aromatic carbocycles. The maximum Gasteiger partial charge on any atom is 0.152 e. The van der Waals surface area contributed by atoms with E-state index in [-0.39, 0.29) is 5.38 Å². The normalized spacial score (nSPS) is 21.5. The van der Waals surface area contributed by atoms with E-state index in [1.54, 1.807) is 0 Å². The second kappa shape index (κ2) is 3.64. The van der Waals surface area contributed by atoms with Gasteiger partial charge in [0.25, 0.3) is 0 Å². The van der Waals surface area contributed by atoms with Crippen molar-refractivity contribution in [2.45, 2.75) is 31.2 Å². The monoisotopic (exact) mass is 200 g/mol. The van der Waals surface area contributed by atoms with Crippen molar-refractivity contribution < 1.29 is 0 Å². The lowest BCUT2D eigenvalue weighted by molar-refractivity contribution is 0.484. The largest absolute Gasteiger partial charge is 0.330 e. The number of hydrogen-bond donors (Lipinski definition) is 1. The number of alkyl halides is 1. The van der Waals surface area contributed by atoms with Crippen LogP contribution < -0.4 is 5.73 Å². The number of nitrogens with two attached hydrogens (primary N) is 1. The number of halogens is 1. The van der Waals surface area contributed by atoms with Gasteiger partial charge < -0.3 is 5.73 Å². The molecule has 1 unspecified atom stereocenters. The summed E-state index contributed by atoms with van der Waals surface area (Å²) in [5, 5.41) is 4.54. The second-order valence-electron chi connectivity index (χ2n) is 3.30. The van der Waals surface area contributed by atoms with Gasteiger partial charge in [0.1, 0.15) is 5.82 Å². The van der Waals surface area contributed by atoms with Crippen molar-refractivity contribution in [3.05, 3.63) is 11.6 Å². The summed E-state index contributed by atoms with van der Waals surface area (Å²) in [6, 6.07) is 0. The van der Waals surface area contributed by atoms with Crippen LogP contribution in [0.3, 0.4) is 0 Å². The van der Waals surface area contributed by atoms with Gasteiger partial charge in [-0.2, -0.15) is 5.10 Å². The highest BCUT2D eigenvalue weighted by Crippen LogP contribution is 2.16. The molecule has 0 saturated heterocycles. The van der Waals surface area contributed by atoms with E-state index >= 15 is 0 Å². The van der Waals surface area contributed by atoms with Gasteiger partial charge >= 0.3 is 0 Å². The topological polar surface area (TPSA) is 56.7 Å². The standard InChI is InChI=1S/C8H13ClN4/c9-6-1-2-8-11-7(3-4-10)12-13(8)5-6/h6H,1-5,10H2. The Bertz CT molecular complexity index is 296. The third kappa shape index (κ3) is 1.84. The lowest BCUT2D eigenvalue weighted by atomic mass is 10.2. The first-order valence-electron chi connectivity index (χ1n) is 4.56. The molecule has 1 aromatic heterocycles. The van der Waals surface area contributed by atoms with Gasteiger partial charge in [0.05, 0.1) is 11.9 Å². The van der Waals surface area contributed by atoms with Crippen molar-refractivity contribution in [3.63, 3.8) is 0 Å². The molecule has 0 amide bonds. The van der Waals surface area contributed by atoms with Crippen LogP contribution in [0.25, 0.3) is 0 Å². The van der Waals surface area contributed by atoms with Crippen LogP contribution in [0, 0.1) is 0 Å². The van der Waals surface area contributed by atoms with Crippen molar-refractivity contribution in [1.29, 1.82) is 0 Å². The van der Waals surface area contributed by atoms with Crippen LogP contribution in [0.5, 0.6) is 0 Å². The van der Waals surface area contributed by atoms with Crippen LogP contribution in [0.4, 0.5) is 0 Å². The van der Waals surface area contributed by atoms with Crippen molar-refractivity contribution in [2.24, 2.45) is 5.73 Å². The maximum absolute atomic E-state index is 6.02. The van der Waals surface area contributed by atoms with E-state index in [0.29, 0.717) is 6.54 Å². The predicted octanol–water partition coefficient (Wildman–Crippen LogP) is 0.333. The lowest BCUT2D eigenvalue weighted by Gasteiger charge is -2.16. The summed E-state index contributed by atoms with van der Waals surface area (Å²) in [5.74, 6) is 1.91. The first-order chi connectivity index (χ1) is 6.29. The zero-order valence-electron chi connectivity index (χ0n) is 7.41. The second-order valence-corrected chi connectivity index (χ2v) is 3.92. The van der Waals surface area contributed by atoms with E-state index in [1.807, 2.05) is 4.68 Å². The van der Waals surface area contributed by atoms with Crippen molar-refractivity contribution >= 4 is 11.6 Å². The zero-order valence-corrected chi connectivity index (χ0v) is 8.17. The van der Waals surface area contributed by atoms with E-state index in [4.69, 9.17) is 17.3 Å². The summed E-state index contributed by atoms with van der Waals surface area (Å²) in [6.45, 7) is 1.39. The lowest BCUT2D eigenvalue weighted by Crippen LogP contribution is -2.21. The van der Waals surface area contributed by atoms with E-state index in [1.165, 1.54) is 0 Å². The van der Waals surface area contributed by atoms with Gasteiger partial charge in [-0.3, -0.25) is 0 Å². The summed E-state index contributed by atoms with van der Waals surface area (Å²) >= 11 is 6.02. The van der Waals surface area contributed by atoms with Gasteiger partial charge in [-0.1, -0.05) is 0 Å². The Labute approximate surface area is 82.1 Å². The number of fused-ring (bicyclic) bond motifs is 1. The third-order valence-corrected chi connectivity index (χ3v) is 2.57. The van der Waals surface area contributed by atoms with Gasteiger partial charge in [0, 0.05) is 12.8 Å². The summed E-state index contributed by atoms with van der Waals surface area (Å²) < 4.78 is 1.91. The van der Waals surface area contributed by atoms with Crippen LogP contribution in [-0.2, 0) is 19.4 Å². The molecule has 0 fully saturated rings. The molecule has 1 atom stereocenters. The highest BCUT2D eigenvalue weighted by molar-refractivity contribution is 6.20. The SMILES string of the molecule is NCCc1nc2n(n1)CC(Cl)CC2. The molecule has 2 rings (SSSR count). The molecule has 0 radical (unpaired) electrons. The van der Waals surface area contributed by atoms with E-state index in [2.05, 4.69) is 10.1 Å². The fourth-order valence-corrected chi connectivity index (χ4v) is 1.80. The minimum Gasteiger partial charge on any atom is -0.330 e. The Hall–Kier alpha value is -0.610. The molecule has 0 bridgehead atoms. The quantitative estimate of drug-likeness (QED) is 0.701. The van der Waals surface area contributed by atoms with Crippen molar-refractivity contribution in [3.8, 4) is 0 Å². The molecular formula is C8H13ClN4. The number of aryl methyl sites for hydroxylation is 1. The Kier molecular flexibility index (Phi) is 2.51. The number of rotatable bonds is 2. The first-order valence-corrected chi connectivity index (χ1v) is 5.00. The van der Waals surface area contributed by atoms with Gasteiger partial charge in [0.2, 0.25) is 0 Å². The smallest absolute Gasteiger partial charge is 0.152 e. The molecule has 72 valence electrons.